The number of aliphatic imine (C=N–C) groups is 1. The van der Waals surface area contributed by atoms with Crippen molar-refractivity contribution in [2.24, 2.45) is 10.9 Å². The first kappa shape index (κ1) is 18.4. The number of guanidine groups is 1. The van der Waals surface area contributed by atoms with Gasteiger partial charge in [-0.1, -0.05) is 37.3 Å². The van der Waals surface area contributed by atoms with E-state index < -0.39 is 6.55 Å². The molecule has 1 aromatic carbocycles. The number of hydrogen-bond donors (Lipinski definition) is 1. The Bertz CT molecular complexity index is 729. The van der Waals surface area contributed by atoms with Crippen molar-refractivity contribution in [1.82, 2.24) is 19.8 Å². The first-order valence-electron chi connectivity index (χ1n) is 8.90. The zero-order chi connectivity index (χ0) is 18.5. The van der Waals surface area contributed by atoms with Gasteiger partial charge < -0.3 is 10.2 Å². The van der Waals surface area contributed by atoms with Crippen molar-refractivity contribution in [3.05, 3.63) is 54.1 Å². The molecule has 0 amide bonds. The van der Waals surface area contributed by atoms with E-state index >= 15 is 0 Å². The molecule has 1 aliphatic heterocycles. The number of rotatable bonds is 4. The van der Waals surface area contributed by atoms with Crippen molar-refractivity contribution in [3.63, 3.8) is 0 Å². The smallest absolute Gasteiger partial charge is 0.319 e. The summed E-state index contributed by atoms with van der Waals surface area (Å²) in [5, 5.41) is 3.17. The molecule has 1 aromatic heterocycles. The summed E-state index contributed by atoms with van der Waals surface area (Å²) in [6.07, 6.45) is 3.72. The molecule has 2 atom stereocenters. The Morgan fingerprint density at radius 1 is 1.35 bits per heavy atom. The highest BCUT2D eigenvalue weighted by Gasteiger charge is 2.28. The van der Waals surface area contributed by atoms with E-state index in [1.165, 1.54) is 18.0 Å². The first-order chi connectivity index (χ1) is 12.6. The van der Waals surface area contributed by atoms with Crippen LogP contribution in [0, 0.1) is 5.92 Å². The second-order valence-corrected chi connectivity index (χ2v) is 6.66. The van der Waals surface area contributed by atoms with Gasteiger partial charge in [-0.25, -0.2) is 4.98 Å². The largest absolute Gasteiger partial charge is 0.349 e. The van der Waals surface area contributed by atoms with Crippen LogP contribution in [0.2, 0.25) is 0 Å². The van der Waals surface area contributed by atoms with Gasteiger partial charge in [-0.15, -0.1) is 0 Å². The number of imidazole rings is 1. The molecule has 2 aromatic rings. The Balaban J connectivity index is 1.60. The van der Waals surface area contributed by atoms with E-state index in [0.717, 1.165) is 30.0 Å². The van der Waals surface area contributed by atoms with Gasteiger partial charge in [0.05, 0.1) is 6.54 Å². The number of alkyl halides is 2. The van der Waals surface area contributed by atoms with Crippen molar-refractivity contribution in [1.29, 1.82) is 0 Å². The lowest BCUT2D eigenvalue weighted by atomic mass is 9.82. The maximum atomic E-state index is 12.9. The number of hydrogen-bond acceptors (Lipinski definition) is 2. The van der Waals surface area contributed by atoms with Crippen LogP contribution in [0.15, 0.2) is 47.7 Å². The molecule has 5 nitrogen and oxygen atoms in total. The van der Waals surface area contributed by atoms with Crippen LogP contribution < -0.4 is 5.32 Å². The minimum Gasteiger partial charge on any atom is -0.349 e. The molecule has 0 bridgehead atoms. The van der Waals surface area contributed by atoms with Gasteiger partial charge in [0.15, 0.2) is 5.96 Å². The Hall–Kier alpha value is -2.44. The lowest BCUT2D eigenvalue weighted by Crippen LogP contribution is -2.47. The Labute approximate surface area is 152 Å². The molecule has 3 rings (SSSR count). The number of nitrogens with one attached hydrogen (secondary N) is 1. The highest BCUT2D eigenvalue weighted by Crippen LogP contribution is 2.32. The maximum Gasteiger partial charge on any atom is 0.319 e. The highest BCUT2D eigenvalue weighted by molar-refractivity contribution is 5.79. The molecule has 1 aliphatic rings. The second-order valence-electron chi connectivity index (χ2n) is 6.66. The Kier molecular flexibility index (Phi) is 5.85. The van der Waals surface area contributed by atoms with Crippen LogP contribution in [-0.2, 0) is 6.54 Å². The highest BCUT2D eigenvalue weighted by atomic mass is 19.3. The second kappa shape index (κ2) is 8.29. The summed E-state index contributed by atoms with van der Waals surface area (Å²) in [6, 6.07) is 10.6. The Morgan fingerprint density at radius 2 is 2.12 bits per heavy atom. The fourth-order valence-corrected chi connectivity index (χ4v) is 3.68. The summed E-state index contributed by atoms with van der Waals surface area (Å²) in [5.41, 5.74) is 1.38. The lowest BCUT2D eigenvalue weighted by Gasteiger charge is -2.38. The molecule has 0 spiro atoms. The summed E-state index contributed by atoms with van der Waals surface area (Å²) < 4.78 is 26.7. The third-order valence-corrected chi connectivity index (χ3v) is 5.01. The van der Waals surface area contributed by atoms with Crippen molar-refractivity contribution < 1.29 is 8.78 Å². The van der Waals surface area contributed by atoms with Crippen LogP contribution in [0.1, 0.15) is 37.2 Å². The van der Waals surface area contributed by atoms with E-state index in [2.05, 4.69) is 51.4 Å². The van der Waals surface area contributed by atoms with Crippen LogP contribution in [0.5, 0.6) is 0 Å². The van der Waals surface area contributed by atoms with E-state index in [-0.39, 0.29) is 6.54 Å². The third kappa shape index (κ3) is 4.03. The molecule has 140 valence electrons. The zero-order valence-corrected chi connectivity index (χ0v) is 15.1. The van der Waals surface area contributed by atoms with Gasteiger partial charge in [-0.2, -0.15) is 8.78 Å². The summed E-state index contributed by atoms with van der Waals surface area (Å²) in [7, 11) is 1.72. The molecule has 1 N–H and O–H groups in total. The van der Waals surface area contributed by atoms with E-state index in [0.29, 0.717) is 17.7 Å². The number of nitrogens with zero attached hydrogens (tertiary/aromatic N) is 4. The molecule has 1 saturated heterocycles. The molecule has 0 radical (unpaired) electrons. The molecule has 7 heteroatoms. The minimum atomic E-state index is -2.59. The van der Waals surface area contributed by atoms with Gasteiger partial charge >= 0.3 is 6.55 Å². The zero-order valence-electron chi connectivity index (χ0n) is 15.1. The number of halogens is 2. The summed E-state index contributed by atoms with van der Waals surface area (Å²) in [6.45, 7) is 1.64. The molecule has 26 heavy (non-hydrogen) atoms. The lowest BCUT2D eigenvalue weighted by molar-refractivity contribution is 0.0668. The van der Waals surface area contributed by atoms with Crippen molar-refractivity contribution >= 4 is 5.96 Å². The molecule has 1 fully saturated rings. The number of likely N-dealkylation sites (tertiary alicyclic amines) is 1. The normalized spacial score (nSPS) is 21.3. The fourth-order valence-electron chi connectivity index (χ4n) is 3.68. The van der Waals surface area contributed by atoms with Crippen molar-refractivity contribution in [3.8, 4) is 0 Å². The van der Waals surface area contributed by atoms with Gasteiger partial charge in [-0.3, -0.25) is 9.56 Å². The van der Waals surface area contributed by atoms with Crippen LogP contribution in [0.4, 0.5) is 8.78 Å². The molecular formula is C19H25F2N5. The topological polar surface area (TPSA) is 45.5 Å². The third-order valence-electron chi connectivity index (χ3n) is 5.01. The van der Waals surface area contributed by atoms with Gasteiger partial charge in [0.1, 0.15) is 5.82 Å². The van der Waals surface area contributed by atoms with Crippen LogP contribution in [-0.4, -0.2) is 40.5 Å². The molecule has 2 heterocycles. The number of piperidine rings is 1. The SMILES string of the molecule is CN=C(NCc1nccn1C(F)F)N1CCC(c2ccccc2)C(C)C1. The standard InChI is InChI=1S/C19H25F2N5/c1-14-13-25(10-8-16(14)15-6-4-3-5-7-15)19(22-2)24-12-17-23-9-11-26(17)18(20)21/h3-7,9,11,14,16,18H,8,10,12-13H2,1-2H3,(H,22,24). The van der Waals surface area contributed by atoms with E-state index in [4.69, 9.17) is 0 Å². The monoisotopic (exact) mass is 361 g/mol. The van der Waals surface area contributed by atoms with Crippen molar-refractivity contribution in [2.45, 2.75) is 32.4 Å². The quantitative estimate of drug-likeness (QED) is 0.670. The molecular weight excluding hydrogens is 336 g/mol. The van der Waals surface area contributed by atoms with Crippen LogP contribution >= 0.6 is 0 Å². The average molecular weight is 361 g/mol. The van der Waals surface area contributed by atoms with Gasteiger partial charge in [0.25, 0.3) is 0 Å². The average Bonchev–Trinajstić information content (AvgIpc) is 3.12. The maximum absolute atomic E-state index is 12.9. The van der Waals surface area contributed by atoms with Gasteiger partial charge in [0.2, 0.25) is 0 Å². The number of benzene rings is 1. The van der Waals surface area contributed by atoms with Gasteiger partial charge in [-0.05, 0) is 23.8 Å². The number of aromatic nitrogens is 2. The van der Waals surface area contributed by atoms with E-state index in [9.17, 15) is 8.78 Å². The van der Waals surface area contributed by atoms with E-state index in [1.54, 1.807) is 7.05 Å². The minimum absolute atomic E-state index is 0.219. The Morgan fingerprint density at radius 3 is 2.77 bits per heavy atom. The predicted octanol–water partition coefficient (Wildman–Crippen LogP) is 3.48. The summed E-state index contributed by atoms with van der Waals surface area (Å²) >= 11 is 0. The molecule has 2 unspecified atom stereocenters. The fraction of sp³-hybridized carbons (Fsp3) is 0.474. The van der Waals surface area contributed by atoms with Crippen molar-refractivity contribution in [2.75, 3.05) is 20.1 Å². The summed E-state index contributed by atoms with van der Waals surface area (Å²) in [5.74, 6) is 2.04. The summed E-state index contributed by atoms with van der Waals surface area (Å²) in [4.78, 5) is 10.5. The molecule has 0 aliphatic carbocycles. The van der Waals surface area contributed by atoms with Crippen LogP contribution in [0.25, 0.3) is 0 Å². The van der Waals surface area contributed by atoms with E-state index in [1.807, 2.05) is 6.07 Å². The molecule has 0 saturated carbocycles. The van der Waals surface area contributed by atoms with Crippen LogP contribution in [0.3, 0.4) is 0 Å². The first-order valence-corrected chi connectivity index (χ1v) is 8.90. The predicted molar refractivity (Wildman–Crippen MR) is 98.2 cm³/mol. The van der Waals surface area contributed by atoms with Gasteiger partial charge in [0, 0.05) is 32.5 Å².